The lowest BCUT2D eigenvalue weighted by Gasteiger charge is -2.04. The molecule has 28 heavy (non-hydrogen) atoms. The zero-order valence-electron chi connectivity index (χ0n) is 15.1. The highest BCUT2D eigenvalue weighted by Gasteiger charge is 2.62. The van der Waals surface area contributed by atoms with Gasteiger partial charge in [-0.2, -0.15) is 4.98 Å². The molecule has 0 saturated heterocycles. The minimum absolute atomic E-state index is 0.0217. The molecule has 1 fully saturated rings. The first-order valence-electron chi connectivity index (χ1n) is 8.51. The van der Waals surface area contributed by atoms with Gasteiger partial charge < -0.3 is 4.52 Å². The van der Waals surface area contributed by atoms with E-state index < -0.39 is 21.7 Å². The van der Waals surface area contributed by atoms with E-state index in [2.05, 4.69) is 10.1 Å². The molecule has 0 amide bonds. The summed E-state index contributed by atoms with van der Waals surface area (Å²) >= 11 is 0. The predicted octanol–water partition coefficient (Wildman–Crippen LogP) is 3.57. The monoisotopic (exact) mass is 405 g/mol. The Morgan fingerprint density at radius 3 is 2.36 bits per heavy atom. The minimum atomic E-state index is -3.76. The molecule has 2 N–H and O–H groups in total. The summed E-state index contributed by atoms with van der Waals surface area (Å²) in [5.41, 5.74) is 0.757. The highest BCUT2D eigenvalue weighted by atomic mass is 32.2. The van der Waals surface area contributed by atoms with E-state index in [1.165, 1.54) is 18.2 Å². The number of nitrogens with zero attached hydrogens (tertiary/aromatic N) is 2. The van der Waals surface area contributed by atoms with Gasteiger partial charge in [-0.05, 0) is 35.2 Å². The number of rotatable bonds is 4. The Labute approximate surface area is 160 Å². The number of aromatic nitrogens is 2. The number of halogens is 2. The molecule has 1 aliphatic rings. The van der Waals surface area contributed by atoms with E-state index in [0.717, 1.165) is 17.7 Å². The molecule has 2 aromatic carbocycles. The summed E-state index contributed by atoms with van der Waals surface area (Å²) in [6.45, 7) is 4.05. The summed E-state index contributed by atoms with van der Waals surface area (Å²) in [5, 5.41) is 8.97. The van der Waals surface area contributed by atoms with Crippen LogP contribution >= 0.6 is 0 Å². The molecule has 9 heteroatoms. The van der Waals surface area contributed by atoms with Gasteiger partial charge in [-0.25, -0.2) is 22.3 Å². The Kier molecular flexibility index (Phi) is 4.13. The van der Waals surface area contributed by atoms with E-state index in [1.54, 1.807) is 12.1 Å². The smallest absolute Gasteiger partial charge is 0.238 e. The Hall–Kier alpha value is -2.65. The topological polar surface area (TPSA) is 99.1 Å². The van der Waals surface area contributed by atoms with Crippen molar-refractivity contribution in [1.82, 2.24) is 10.1 Å². The lowest BCUT2D eigenvalue weighted by Crippen LogP contribution is -2.11. The molecule has 146 valence electrons. The van der Waals surface area contributed by atoms with E-state index in [-0.39, 0.29) is 33.5 Å². The second kappa shape index (κ2) is 6.18. The van der Waals surface area contributed by atoms with Gasteiger partial charge >= 0.3 is 0 Å². The van der Waals surface area contributed by atoms with Crippen molar-refractivity contribution in [2.24, 2.45) is 10.6 Å². The Morgan fingerprint density at radius 1 is 1.07 bits per heavy atom. The molecule has 6 nitrogen and oxygen atoms in total. The van der Waals surface area contributed by atoms with Crippen molar-refractivity contribution in [3.63, 3.8) is 0 Å². The quantitative estimate of drug-likeness (QED) is 0.715. The van der Waals surface area contributed by atoms with Gasteiger partial charge in [0.15, 0.2) is 0 Å². The van der Waals surface area contributed by atoms with E-state index in [9.17, 15) is 17.2 Å². The molecule has 3 aromatic rings. The lowest BCUT2D eigenvalue weighted by atomic mass is 10.0. The fraction of sp³-hybridized carbons (Fsp3) is 0.263. The summed E-state index contributed by atoms with van der Waals surface area (Å²) in [6.07, 6.45) is 0. The van der Waals surface area contributed by atoms with Crippen LogP contribution in [0.5, 0.6) is 0 Å². The van der Waals surface area contributed by atoms with Crippen LogP contribution in [0.2, 0.25) is 0 Å². The number of benzene rings is 2. The summed E-state index contributed by atoms with van der Waals surface area (Å²) < 4.78 is 55.3. The van der Waals surface area contributed by atoms with Crippen molar-refractivity contribution in [2.75, 3.05) is 0 Å². The molecule has 0 spiro atoms. The van der Waals surface area contributed by atoms with E-state index in [4.69, 9.17) is 9.66 Å². The minimum Gasteiger partial charge on any atom is -0.339 e. The maximum atomic E-state index is 14.0. The number of hydrogen-bond donors (Lipinski definition) is 1. The van der Waals surface area contributed by atoms with Gasteiger partial charge in [0.2, 0.25) is 21.7 Å². The molecule has 0 unspecified atom stereocenters. The van der Waals surface area contributed by atoms with Crippen LogP contribution in [0.4, 0.5) is 8.78 Å². The fourth-order valence-corrected chi connectivity index (χ4v) is 4.24. The SMILES string of the molecule is CC1(C)[C@H](c2ccc(S(N)(=O)=O)cc2)[C@H]1c1nc(-c2ccc(F)cc2F)no1. The van der Waals surface area contributed by atoms with Crippen molar-refractivity contribution in [2.45, 2.75) is 30.6 Å². The second-order valence-electron chi connectivity index (χ2n) is 7.47. The van der Waals surface area contributed by atoms with Gasteiger partial charge in [-0.15, -0.1) is 0 Å². The molecular formula is C19H17F2N3O3S. The van der Waals surface area contributed by atoms with Gasteiger partial charge in [-0.3, -0.25) is 0 Å². The van der Waals surface area contributed by atoms with Gasteiger partial charge in [-0.1, -0.05) is 31.1 Å². The molecule has 1 heterocycles. The molecule has 0 radical (unpaired) electrons. The highest BCUT2D eigenvalue weighted by Crippen LogP contribution is 2.69. The third kappa shape index (κ3) is 3.10. The van der Waals surface area contributed by atoms with Gasteiger partial charge in [0.1, 0.15) is 11.6 Å². The number of hydrogen-bond acceptors (Lipinski definition) is 5. The first kappa shape index (κ1) is 18.7. The van der Waals surface area contributed by atoms with Gasteiger partial charge in [0.05, 0.1) is 16.4 Å². The summed E-state index contributed by atoms with van der Waals surface area (Å²) in [5.74, 6) is -1.14. The second-order valence-corrected chi connectivity index (χ2v) is 9.03. The van der Waals surface area contributed by atoms with Crippen molar-refractivity contribution >= 4 is 10.0 Å². The lowest BCUT2D eigenvalue weighted by molar-refractivity contribution is 0.368. The Balaban J connectivity index is 1.63. The highest BCUT2D eigenvalue weighted by molar-refractivity contribution is 7.89. The van der Waals surface area contributed by atoms with Gasteiger partial charge in [0.25, 0.3) is 0 Å². The number of primary sulfonamides is 1. The third-order valence-corrected chi connectivity index (χ3v) is 6.20. The van der Waals surface area contributed by atoms with Crippen molar-refractivity contribution in [3.8, 4) is 11.4 Å². The van der Waals surface area contributed by atoms with Crippen LogP contribution in [0, 0.1) is 17.0 Å². The van der Waals surface area contributed by atoms with Crippen LogP contribution in [-0.4, -0.2) is 18.6 Å². The Morgan fingerprint density at radius 2 is 1.75 bits per heavy atom. The first-order valence-corrected chi connectivity index (χ1v) is 10.1. The first-order chi connectivity index (χ1) is 13.1. The molecular weight excluding hydrogens is 388 g/mol. The van der Waals surface area contributed by atoms with Crippen LogP contribution in [-0.2, 0) is 10.0 Å². The van der Waals surface area contributed by atoms with Gasteiger partial charge in [0, 0.05) is 12.0 Å². The normalized spacial score (nSPS) is 20.9. The third-order valence-electron chi connectivity index (χ3n) is 5.27. The summed E-state index contributed by atoms with van der Waals surface area (Å²) in [6, 6.07) is 9.51. The summed E-state index contributed by atoms with van der Waals surface area (Å²) in [4.78, 5) is 4.34. The van der Waals surface area contributed by atoms with Crippen LogP contribution in [0.15, 0.2) is 51.9 Å². The Bertz CT molecular complexity index is 1160. The molecule has 4 rings (SSSR count). The van der Waals surface area contributed by atoms with E-state index >= 15 is 0 Å². The molecule has 0 aliphatic heterocycles. The van der Waals surface area contributed by atoms with Crippen LogP contribution in [0.1, 0.15) is 37.1 Å². The molecule has 1 aliphatic carbocycles. The molecule has 2 atom stereocenters. The zero-order valence-corrected chi connectivity index (χ0v) is 15.9. The number of nitrogens with two attached hydrogens (primary N) is 1. The molecule has 1 saturated carbocycles. The standard InChI is InChI=1S/C19H17F2N3O3S/c1-19(2)15(10-3-6-12(7-4-10)28(22,25)26)16(19)18-23-17(24-27-18)13-8-5-11(20)9-14(13)21/h3-9,15-16H,1-2H3,(H2,22,25,26)/t15-,16+/m1/s1. The molecule has 0 bridgehead atoms. The summed E-state index contributed by atoms with van der Waals surface area (Å²) in [7, 11) is -3.76. The van der Waals surface area contributed by atoms with Crippen molar-refractivity contribution in [1.29, 1.82) is 0 Å². The van der Waals surface area contributed by atoms with Crippen molar-refractivity contribution < 1.29 is 21.7 Å². The van der Waals surface area contributed by atoms with Crippen LogP contribution < -0.4 is 5.14 Å². The van der Waals surface area contributed by atoms with E-state index in [0.29, 0.717) is 5.89 Å². The average Bonchev–Trinajstić information content (AvgIpc) is 2.95. The maximum Gasteiger partial charge on any atom is 0.238 e. The number of sulfonamides is 1. The van der Waals surface area contributed by atoms with Crippen LogP contribution in [0.3, 0.4) is 0 Å². The maximum absolute atomic E-state index is 14.0. The zero-order chi connectivity index (χ0) is 20.3. The largest absolute Gasteiger partial charge is 0.339 e. The molecule has 1 aromatic heterocycles. The fourth-order valence-electron chi connectivity index (χ4n) is 3.73. The van der Waals surface area contributed by atoms with Crippen LogP contribution in [0.25, 0.3) is 11.4 Å². The van der Waals surface area contributed by atoms with Crippen molar-refractivity contribution in [3.05, 3.63) is 65.6 Å². The predicted molar refractivity (Wildman–Crippen MR) is 96.7 cm³/mol. The van der Waals surface area contributed by atoms with E-state index in [1.807, 2.05) is 13.8 Å². The average molecular weight is 405 g/mol.